The van der Waals surface area contributed by atoms with Crippen LogP contribution in [0.5, 0.6) is 5.75 Å². The zero-order valence-electron chi connectivity index (χ0n) is 23.4. The van der Waals surface area contributed by atoms with Gasteiger partial charge in [0, 0.05) is 6.61 Å². The molecule has 0 aliphatic heterocycles. The second-order valence-electron chi connectivity index (χ2n) is 11.6. The number of hydrogen-bond acceptors (Lipinski definition) is 7. The van der Waals surface area contributed by atoms with Crippen LogP contribution in [0.1, 0.15) is 95.0 Å². The molecule has 11 heteroatoms. The minimum Gasteiger partial charge on any atom is -0.478 e. The van der Waals surface area contributed by atoms with Gasteiger partial charge in [-0.2, -0.15) is 0 Å². The number of phosphoric acid groups is 1. The van der Waals surface area contributed by atoms with E-state index in [0.29, 0.717) is 18.6 Å². The number of phosphoric ester groups is 1. The number of hydrogen-bond donors (Lipinski definition) is 2. The fourth-order valence-electron chi connectivity index (χ4n) is 3.23. The molecule has 0 aliphatic carbocycles. The first-order valence-electron chi connectivity index (χ1n) is 12.1. The Hall–Kier alpha value is -1.71. The van der Waals surface area contributed by atoms with Gasteiger partial charge in [-0.1, -0.05) is 40.7 Å². The molecule has 1 aromatic carbocycles. The Labute approximate surface area is 216 Å². The number of carboxylic acid groups (broad SMARTS) is 2. The van der Waals surface area contributed by atoms with Gasteiger partial charge in [-0.15, -0.1) is 0 Å². The van der Waals surface area contributed by atoms with Crippen LogP contribution < -0.4 is 4.52 Å². The van der Waals surface area contributed by atoms with Crippen LogP contribution in [0.25, 0.3) is 0 Å². The van der Waals surface area contributed by atoms with Gasteiger partial charge in [-0.3, -0.25) is 9.05 Å². The van der Waals surface area contributed by atoms with Crippen molar-refractivity contribution in [3.05, 3.63) is 28.8 Å². The summed E-state index contributed by atoms with van der Waals surface area (Å²) in [4.78, 5) is 24.5. The quantitative estimate of drug-likeness (QED) is 0.196. The Morgan fingerprint density at radius 3 is 1.83 bits per heavy atom. The van der Waals surface area contributed by atoms with E-state index in [1.165, 1.54) is 12.1 Å². The lowest BCUT2D eigenvalue weighted by atomic mass is 9.78. The molecule has 0 saturated carbocycles. The molecule has 0 heterocycles. The number of carbonyl (C=O) groups is 2. The third-order valence-corrected chi connectivity index (χ3v) is 12.5. The van der Waals surface area contributed by atoms with E-state index in [0.717, 1.165) is 0 Å². The monoisotopic (exact) mass is 546 g/mol. The molecule has 2 N–H and O–H groups in total. The molecule has 0 unspecified atom stereocenters. The zero-order chi connectivity index (χ0) is 28.3. The number of rotatable bonds is 13. The third kappa shape index (κ3) is 8.41. The fraction of sp³-hybridized carbons (Fsp3) is 0.680. The maximum atomic E-state index is 13.4. The summed E-state index contributed by atoms with van der Waals surface area (Å²) >= 11 is 0. The fourth-order valence-corrected chi connectivity index (χ4v) is 5.86. The van der Waals surface area contributed by atoms with Gasteiger partial charge in [-0.25, -0.2) is 14.2 Å². The van der Waals surface area contributed by atoms with Crippen molar-refractivity contribution < 1.29 is 42.4 Å². The Morgan fingerprint density at radius 2 is 1.44 bits per heavy atom. The zero-order valence-corrected chi connectivity index (χ0v) is 25.3. The molecule has 0 radical (unpaired) electrons. The molecule has 0 atom stereocenters. The third-order valence-electron chi connectivity index (χ3n) is 6.21. The van der Waals surface area contributed by atoms with Crippen LogP contribution in [-0.2, 0) is 23.5 Å². The maximum absolute atomic E-state index is 13.4. The normalized spacial score (nSPS) is 13.4. The molecule has 0 amide bonds. The molecule has 206 valence electrons. The average molecular weight is 547 g/mol. The summed E-state index contributed by atoms with van der Waals surface area (Å²) < 4.78 is 36.1. The van der Waals surface area contributed by atoms with Crippen molar-refractivity contribution in [1.82, 2.24) is 0 Å². The summed E-state index contributed by atoms with van der Waals surface area (Å²) in [5, 5.41) is 20.0. The lowest BCUT2D eigenvalue weighted by Crippen LogP contribution is -2.41. The minimum atomic E-state index is -4.37. The molecule has 0 fully saturated rings. The summed E-state index contributed by atoms with van der Waals surface area (Å²) in [5.41, 5.74) is -1.27. The molecule has 36 heavy (non-hydrogen) atoms. The summed E-state index contributed by atoms with van der Waals surface area (Å²) in [7, 11) is -6.39. The second kappa shape index (κ2) is 11.8. The van der Waals surface area contributed by atoms with Gasteiger partial charge in [0.15, 0.2) is 14.1 Å². The predicted octanol–water partition coefficient (Wildman–Crippen LogP) is 7.11. The summed E-state index contributed by atoms with van der Waals surface area (Å²) in [6.45, 7) is 21.2. The highest BCUT2D eigenvalue weighted by atomic mass is 31.2. The minimum absolute atomic E-state index is 0.0154. The van der Waals surface area contributed by atoms with Crippen LogP contribution in [0.3, 0.4) is 0 Å². The maximum Gasteiger partial charge on any atom is 0.530 e. The van der Waals surface area contributed by atoms with Gasteiger partial charge in [-0.05, 0) is 69.3 Å². The molecular formula is C25H43O9PSi. The highest BCUT2D eigenvalue weighted by Crippen LogP contribution is 2.54. The van der Waals surface area contributed by atoms with Crippen molar-refractivity contribution >= 4 is 28.1 Å². The van der Waals surface area contributed by atoms with Crippen molar-refractivity contribution in [2.75, 3.05) is 6.61 Å². The Bertz CT molecular complexity index is 980. The standard InChI is InChI=1S/C25H43O9PSi/c1-16(2)32-35(30,33-17(3)4)34-21-18(22(26)27)12-13-19(20(21)23(28)29)25(8,9)14-15-31-36(10,11)24(5,6)7/h12-13,16-17H,14-15H2,1-11H3,(H,26,27)(H,28,29). The Kier molecular flexibility index (Phi) is 10.6. The smallest absolute Gasteiger partial charge is 0.478 e. The van der Waals surface area contributed by atoms with Crippen molar-refractivity contribution in [1.29, 1.82) is 0 Å². The lowest BCUT2D eigenvalue weighted by Gasteiger charge is -2.37. The SMILES string of the molecule is CC(C)OP(=O)(Oc1c(C(=O)O)ccc(C(C)(C)CCO[Si](C)(C)C(C)(C)C)c1C(=O)O)OC(C)C. The van der Waals surface area contributed by atoms with Gasteiger partial charge in [0.1, 0.15) is 11.1 Å². The molecule has 1 aromatic rings. The van der Waals surface area contributed by atoms with Crippen molar-refractivity contribution in [3.63, 3.8) is 0 Å². The number of carboxylic acids is 2. The highest BCUT2D eigenvalue weighted by molar-refractivity contribution is 7.49. The van der Waals surface area contributed by atoms with E-state index in [2.05, 4.69) is 33.9 Å². The van der Waals surface area contributed by atoms with E-state index in [-0.39, 0.29) is 5.04 Å². The predicted molar refractivity (Wildman–Crippen MR) is 142 cm³/mol. The molecule has 0 aromatic heterocycles. The van der Waals surface area contributed by atoms with E-state index in [9.17, 15) is 24.4 Å². The number of benzene rings is 1. The number of aromatic carboxylic acids is 2. The lowest BCUT2D eigenvalue weighted by molar-refractivity contribution is 0.0686. The molecule has 0 aliphatic rings. The first-order chi connectivity index (χ1) is 16.1. The van der Waals surface area contributed by atoms with E-state index in [4.69, 9.17) is 18.0 Å². The molecule has 0 saturated heterocycles. The van der Waals surface area contributed by atoms with Crippen molar-refractivity contribution in [2.24, 2.45) is 0 Å². The largest absolute Gasteiger partial charge is 0.530 e. The first-order valence-corrected chi connectivity index (χ1v) is 16.4. The van der Waals surface area contributed by atoms with Crippen molar-refractivity contribution in [3.8, 4) is 5.75 Å². The summed E-state index contributed by atoms with van der Waals surface area (Å²) in [5.74, 6) is -3.41. The van der Waals surface area contributed by atoms with Crippen molar-refractivity contribution in [2.45, 2.75) is 104 Å². The summed E-state index contributed by atoms with van der Waals surface area (Å²) in [6.07, 6.45) is -0.722. The van der Waals surface area contributed by atoms with E-state index >= 15 is 0 Å². The van der Waals surface area contributed by atoms with Crippen LogP contribution in [-0.4, -0.2) is 49.3 Å². The van der Waals surface area contributed by atoms with Crippen LogP contribution in [0.15, 0.2) is 12.1 Å². The highest BCUT2D eigenvalue weighted by Gasteiger charge is 2.40. The Balaban J connectivity index is 3.60. The van der Waals surface area contributed by atoms with E-state index < -0.39 is 62.6 Å². The van der Waals surface area contributed by atoms with Gasteiger partial charge in [0.05, 0.1) is 12.2 Å². The van der Waals surface area contributed by atoms with Crippen LogP contribution >= 0.6 is 7.82 Å². The van der Waals surface area contributed by atoms with Gasteiger partial charge in [0.2, 0.25) is 0 Å². The van der Waals surface area contributed by atoms with E-state index in [1.807, 2.05) is 13.8 Å². The topological polar surface area (TPSA) is 129 Å². The van der Waals surface area contributed by atoms with Crippen LogP contribution in [0.4, 0.5) is 0 Å². The van der Waals surface area contributed by atoms with Gasteiger partial charge >= 0.3 is 19.8 Å². The summed E-state index contributed by atoms with van der Waals surface area (Å²) in [6, 6.07) is 2.72. The molecule has 1 rings (SSSR count). The molecule has 0 bridgehead atoms. The van der Waals surface area contributed by atoms with E-state index in [1.54, 1.807) is 27.7 Å². The van der Waals surface area contributed by atoms with Crippen LogP contribution in [0.2, 0.25) is 18.1 Å². The average Bonchev–Trinajstić information content (AvgIpc) is 2.64. The van der Waals surface area contributed by atoms with Crippen LogP contribution in [0, 0.1) is 0 Å². The Morgan fingerprint density at radius 1 is 0.944 bits per heavy atom. The van der Waals surface area contributed by atoms with Gasteiger partial charge in [0.25, 0.3) is 0 Å². The second-order valence-corrected chi connectivity index (χ2v) is 17.9. The van der Waals surface area contributed by atoms with Gasteiger partial charge < -0.3 is 19.2 Å². The molecular weight excluding hydrogens is 503 g/mol. The molecule has 0 spiro atoms. The first kappa shape index (κ1) is 32.3. The molecule has 9 nitrogen and oxygen atoms in total.